The summed E-state index contributed by atoms with van der Waals surface area (Å²) in [5, 5.41) is 2.80. The minimum atomic E-state index is -0.384. The number of carbonyl (C=O) groups is 1. The van der Waals surface area contributed by atoms with Gasteiger partial charge < -0.3 is 11.1 Å². The highest BCUT2D eigenvalue weighted by Gasteiger charge is 2.15. The maximum Gasteiger partial charge on any atom is 0.225 e. The lowest BCUT2D eigenvalue weighted by molar-refractivity contribution is -0.116. The fourth-order valence-corrected chi connectivity index (χ4v) is 1.34. The van der Waals surface area contributed by atoms with E-state index in [0.29, 0.717) is 12.8 Å². The van der Waals surface area contributed by atoms with Gasteiger partial charge in [-0.05, 0) is 20.3 Å². The van der Waals surface area contributed by atoms with Gasteiger partial charge in [0, 0.05) is 12.0 Å². The third-order valence-corrected chi connectivity index (χ3v) is 2.74. The molecule has 0 bridgehead atoms. The summed E-state index contributed by atoms with van der Waals surface area (Å²) < 4.78 is 0. The molecule has 1 aromatic rings. The second-order valence-corrected chi connectivity index (χ2v) is 5.10. The Morgan fingerprint density at radius 3 is 2.71 bits per heavy atom. The van der Waals surface area contributed by atoms with E-state index in [2.05, 4.69) is 15.3 Å². The highest BCUT2D eigenvalue weighted by Crippen LogP contribution is 2.25. The highest BCUT2D eigenvalue weighted by atomic mass is 35.5. The number of nitrogens with one attached hydrogen (secondary N) is 1. The first-order valence-electron chi connectivity index (χ1n) is 5.04. The molecule has 5 nitrogen and oxygen atoms in total. The lowest BCUT2D eigenvalue weighted by Crippen LogP contribution is -2.33. The van der Waals surface area contributed by atoms with Crippen molar-refractivity contribution in [1.29, 1.82) is 0 Å². The van der Waals surface area contributed by atoms with Crippen molar-refractivity contribution in [1.82, 2.24) is 9.97 Å². The van der Waals surface area contributed by atoms with E-state index in [0.717, 1.165) is 0 Å². The first-order valence-corrected chi connectivity index (χ1v) is 5.80. The third kappa shape index (κ3) is 4.85. The number of carbonyl (C=O) groups excluding carboxylic acids is 1. The average molecular weight is 277 g/mol. The van der Waals surface area contributed by atoms with Crippen molar-refractivity contribution < 1.29 is 4.79 Å². The van der Waals surface area contributed by atoms with Crippen molar-refractivity contribution in [3.8, 4) is 0 Å². The van der Waals surface area contributed by atoms with Crippen LogP contribution in [0.5, 0.6) is 0 Å². The molecule has 0 atom stereocenters. The molecule has 7 heteroatoms. The van der Waals surface area contributed by atoms with Crippen LogP contribution < -0.4 is 11.1 Å². The molecule has 3 N–H and O–H groups in total. The molecule has 0 saturated carbocycles. The van der Waals surface area contributed by atoms with Crippen LogP contribution in [0.25, 0.3) is 0 Å². The van der Waals surface area contributed by atoms with Crippen molar-refractivity contribution >= 4 is 34.9 Å². The molecule has 1 aromatic heterocycles. The molecular weight excluding hydrogens is 263 g/mol. The molecule has 0 radical (unpaired) electrons. The molecule has 1 rings (SSSR count). The third-order valence-electron chi connectivity index (χ3n) is 2.00. The van der Waals surface area contributed by atoms with Crippen LogP contribution in [-0.2, 0) is 4.79 Å². The Morgan fingerprint density at radius 1 is 1.47 bits per heavy atom. The molecule has 1 heterocycles. The number of hydrogen-bond acceptors (Lipinski definition) is 4. The maximum absolute atomic E-state index is 11.6. The largest absolute Gasteiger partial charge is 0.326 e. The summed E-state index contributed by atoms with van der Waals surface area (Å²) in [5.41, 5.74) is 5.39. The smallest absolute Gasteiger partial charge is 0.225 e. The van der Waals surface area contributed by atoms with Crippen LogP contribution in [0, 0.1) is 0 Å². The second-order valence-electron chi connectivity index (χ2n) is 4.36. The summed E-state index contributed by atoms with van der Waals surface area (Å²) in [4.78, 5) is 19.1. The number of nitrogens with zero attached hydrogens (tertiary/aromatic N) is 2. The highest BCUT2D eigenvalue weighted by molar-refractivity contribution is 6.42. The van der Waals surface area contributed by atoms with Crippen LogP contribution in [0.15, 0.2) is 6.33 Å². The minimum absolute atomic E-state index is 0.108. The first kappa shape index (κ1) is 14.2. The predicted octanol–water partition coefficient (Wildman–Crippen LogP) is 2.24. The van der Waals surface area contributed by atoms with Gasteiger partial charge in [0.25, 0.3) is 0 Å². The predicted molar refractivity (Wildman–Crippen MR) is 68.2 cm³/mol. The number of aromatic nitrogens is 2. The summed E-state index contributed by atoms with van der Waals surface area (Å²) in [5.74, 6) is 0.00619. The monoisotopic (exact) mass is 276 g/mol. The molecule has 0 aromatic carbocycles. The fraction of sp³-hybridized carbons (Fsp3) is 0.500. The molecule has 0 spiro atoms. The van der Waals surface area contributed by atoms with Gasteiger partial charge in [0.15, 0.2) is 11.0 Å². The molecule has 0 aliphatic rings. The summed E-state index contributed by atoms with van der Waals surface area (Å²) in [7, 11) is 0. The first-order chi connectivity index (χ1) is 7.79. The van der Waals surface area contributed by atoms with Gasteiger partial charge in [0.1, 0.15) is 11.3 Å². The number of amides is 1. The standard InChI is InChI=1S/C10H14Cl2N4O/c1-10(2,13)4-3-6(17)16-9-7(11)8(12)14-5-15-9/h5H,3-4,13H2,1-2H3,(H,14,15,16,17). The van der Waals surface area contributed by atoms with E-state index < -0.39 is 0 Å². The van der Waals surface area contributed by atoms with Gasteiger partial charge >= 0.3 is 0 Å². The molecule has 0 unspecified atom stereocenters. The summed E-state index contributed by atoms with van der Waals surface area (Å²) in [6.45, 7) is 3.71. The molecule has 0 saturated heterocycles. The summed E-state index contributed by atoms with van der Waals surface area (Å²) in [6, 6.07) is 0. The zero-order valence-corrected chi connectivity index (χ0v) is 11.1. The topological polar surface area (TPSA) is 80.9 Å². The average Bonchev–Trinajstić information content (AvgIpc) is 2.21. The van der Waals surface area contributed by atoms with E-state index in [-0.39, 0.29) is 27.4 Å². The molecule has 0 aliphatic heterocycles. The van der Waals surface area contributed by atoms with Crippen molar-refractivity contribution in [2.45, 2.75) is 32.2 Å². The minimum Gasteiger partial charge on any atom is -0.326 e. The summed E-state index contributed by atoms with van der Waals surface area (Å²) >= 11 is 11.5. The Hall–Kier alpha value is -0.910. The van der Waals surface area contributed by atoms with E-state index in [9.17, 15) is 4.79 Å². The lowest BCUT2D eigenvalue weighted by Gasteiger charge is -2.17. The van der Waals surface area contributed by atoms with Gasteiger partial charge in [-0.1, -0.05) is 23.2 Å². The van der Waals surface area contributed by atoms with Gasteiger partial charge in [-0.3, -0.25) is 4.79 Å². The Balaban J connectivity index is 2.60. The van der Waals surface area contributed by atoms with E-state index in [4.69, 9.17) is 28.9 Å². The zero-order chi connectivity index (χ0) is 13.1. The summed E-state index contributed by atoms with van der Waals surface area (Å²) in [6.07, 6.45) is 2.09. The Bertz CT molecular complexity index is 417. The van der Waals surface area contributed by atoms with Crippen LogP contribution in [0.1, 0.15) is 26.7 Å². The van der Waals surface area contributed by atoms with Crippen LogP contribution in [0.3, 0.4) is 0 Å². The normalized spacial score (nSPS) is 11.4. The van der Waals surface area contributed by atoms with Gasteiger partial charge in [0.05, 0.1) is 0 Å². The van der Waals surface area contributed by atoms with E-state index in [1.807, 2.05) is 13.8 Å². The maximum atomic E-state index is 11.6. The van der Waals surface area contributed by atoms with E-state index in [1.54, 1.807) is 0 Å². The van der Waals surface area contributed by atoms with Crippen LogP contribution in [0.2, 0.25) is 10.2 Å². The van der Waals surface area contributed by atoms with Gasteiger partial charge in [-0.2, -0.15) is 0 Å². The van der Waals surface area contributed by atoms with Crippen molar-refractivity contribution in [3.05, 3.63) is 16.5 Å². The number of nitrogens with two attached hydrogens (primary N) is 1. The van der Waals surface area contributed by atoms with Gasteiger partial charge in [-0.25, -0.2) is 9.97 Å². The number of anilines is 1. The molecule has 1 amide bonds. The molecular formula is C10H14Cl2N4O. The zero-order valence-electron chi connectivity index (χ0n) is 9.63. The Labute approximate surface area is 110 Å². The number of halogens is 2. The fourth-order valence-electron chi connectivity index (χ4n) is 1.07. The number of rotatable bonds is 4. The van der Waals surface area contributed by atoms with Crippen LogP contribution >= 0.6 is 23.2 Å². The molecule has 94 valence electrons. The molecule has 0 fully saturated rings. The number of hydrogen-bond donors (Lipinski definition) is 2. The van der Waals surface area contributed by atoms with Gasteiger partial charge in [-0.15, -0.1) is 0 Å². The van der Waals surface area contributed by atoms with Crippen molar-refractivity contribution in [2.75, 3.05) is 5.32 Å². The van der Waals surface area contributed by atoms with Gasteiger partial charge in [0.2, 0.25) is 5.91 Å². The SMILES string of the molecule is CC(C)(N)CCC(=O)Nc1ncnc(Cl)c1Cl. The second kappa shape index (κ2) is 5.62. The van der Waals surface area contributed by atoms with Crippen molar-refractivity contribution in [3.63, 3.8) is 0 Å². The lowest BCUT2D eigenvalue weighted by atomic mass is 10.00. The Kier molecular flexibility index (Phi) is 4.68. The molecule has 17 heavy (non-hydrogen) atoms. The van der Waals surface area contributed by atoms with Crippen LogP contribution in [0.4, 0.5) is 5.82 Å². The van der Waals surface area contributed by atoms with E-state index in [1.165, 1.54) is 6.33 Å². The Morgan fingerprint density at radius 2 is 2.12 bits per heavy atom. The quantitative estimate of drug-likeness (QED) is 0.827. The molecule has 0 aliphatic carbocycles. The van der Waals surface area contributed by atoms with Crippen molar-refractivity contribution in [2.24, 2.45) is 5.73 Å². The van der Waals surface area contributed by atoms with Crippen LogP contribution in [-0.4, -0.2) is 21.4 Å². The van der Waals surface area contributed by atoms with E-state index >= 15 is 0 Å².